The third-order valence-corrected chi connectivity index (χ3v) is 3.32. The highest BCUT2D eigenvalue weighted by molar-refractivity contribution is 6.30. The van der Waals surface area contributed by atoms with E-state index in [0.29, 0.717) is 5.92 Å². The first-order chi connectivity index (χ1) is 8.27. The molecule has 0 aliphatic heterocycles. The van der Waals surface area contributed by atoms with Crippen LogP contribution in [0.3, 0.4) is 0 Å². The maximum atomic E-state index is 5.93. The third-order valence-electron chi connectivity index (χ3n) is 3.07. The molecule has 0 aromatic heterocycles. The summed E-state index contributed by atoms with van der Waals surface area (Å²) in [6.45, 7) is 6.64. The SMILES string of the molecule is CCCCC(CNCCC)c1ccc(Cl)cc1. The van der Waals surface area contributed by atoms with Gasteiger partial charge in [-0.3, -0.25) is 0 Å². The Hall–Kier alpha value is -0.530. The van der Waals surface area contributed by atoms with E-state index >= 15 is 0 Å². The van der Waals surface area contributed by atoms with Crippen molar-refractivity contribution in [3.63, 3.8) is 0 Å². The molecule has 2 heteroatoms. The lowest BCUT2D eigenvalue weighted by atomic mass is 9.93. The highest BCUT2D eigenvalue weighted by atomic mass is 35.5. The van der Waals surface area contributed by atoms with Gasteiger partial charge in [0.2, 0.25) is 0 Å². The van der Waals surface area contributed by atoms with Crippen LogP contribution < -0.4 is 5.32 Å². The van der Waals surface area contributed by atoms with E-state index in [1.54, 1.807) is 0 Å². The van der Waals surface area contributed by atoms with Gasteiger partial charge in [-0.05, 0) is 43.0 Å². The first-order valence-corrected chi connectivity index (χ1v) is 7.11. The normalized spacial score (nSPS) is 12.6. The van der Waals surface area contributed by atoms with Crippen LogP contribution in [0.5, 0.6) is 0 Å². The molecule has 1 rings (SSSR count). The van der Waals surface area contributed by atoms with Gasteiger partial charge in [-0.15, -0.1) is 0 Å². The molecule has 17 heavy (non-hydrogen) atoms. The zero-order chi connectivity index (χ0) is 12.5. The molecule has 1 atom stereocenters. The summed E-state index contributed by atoms with van der Waals surface area (Å²) in [4.78, 5) is 0. The van der Waals surface area contributed by atoms with Crippen molar-refractivity contribution in [3.05, 3.63) is 34.9 Å². The minimum absolute atomic E-state index is 0.624. The fourth-order valence-electron chi connectivity index (χ4n) is 2.03. The Morgan fingerprint density at radius 2 is 1.82 bits per heavy atom. The second-order valence-corrected chi connectivity index (χ2v) is 5.03. The lowest BCUT2D eigenvalue weighted by Gasteiger charge is -2.18. The van der Waals surface area contributed by atoms with Gasteiger partial charge >= 0.3 is 0 Å². The molecule has 0 aliphatic rings. The molecule has 0 aliphatic carbocycles. The van der Waals surface area contributed by atoms with E-state index in [-0.39, 0.29) is 0 Å². The molecule has 1 aromatic carbocycles. The minimum atomic E-state index is 0.624. The van der Waals surface area contributed by atoms with E-state index in [1.807, 2.05) is 12.1 Å². The van der Waals surface area contributed by atoms with Crippen molar-refractivity contribution in [1.29, 1.82) is 0 Å². The van der Waals surface area contributed by atoms with Gasteiger partial charge in [0.15, 0.2) is 0 Å². The summed E-state index contributed by atoms with van der Waals surface area (Å²) in [6, 6.07) is 8.32. The van der Waals surface area contributed by atoms with Crippen molar-refractivity contribution < 1.29 is 0 Å². The van der Waals surface area contributed by atoms with Gasteiger partial charge in [0.25, 0.3) is 0 Å². The molecule has 0 spiro atoms. The van der Waals surface area contributed by atoms with E-state index in [0.717, 1.165) is 18.1 Å². The molecule has 0 fully saturated rings. The van der Waals surface area contributed by atoms with E-state index < -0.39 is 0 Å². The second kappa shape index (κ2) is 8.54. The number of hydrogen-bond donors (Lipinski definition) is 1. The second-order valence-electron chi connectivity index (χ2n) is 4.59. The number of unbranched alkanes of at least 4 members (excludes halogenated alkanes) is 1. The van der Waals surface area contributed by atoms with E-state index in [1.165, 1.54) is 31.2 Å². The van der Waals surface area contributed by atoms with E-state index in [4.69, 9.17) is 11.6 Å². The summed E-state index contributed by atoms with van der Waals surface area (Å²) in [5.41, 5.74) is 1.41. The van der Waals surface area contributed by atoms with Crippen LogP contribution >= 0.6 is 11.6 Å². The summed E-state index contributed by atoms with van der Waals surface area (Å²) >= 11 is 5.93. The summed E-state index contributed by atoms with van der Waals surface area (Å²) in [5, 5.41) is 4.35. The van der Waals surface area contributed by atoms with Gasteiger partial charge in [-0.1, -0.05) is 50.4 Å². The smallest absolute Gasteiger partial charge is 0.0406 e. The Morgan fingerprint density at radius 1 is 1.12 bits per heavy atom. The fraction of sp³-hybridized carbons (Fsp3) is 0.600. The van der Waals surface area contributed by atoms with E-state index in [2.05, 4.69) is 31.3 Å². The zero-order valence-electron chi connectivity index (χ0n) is 11.0. The summed E-state index contributed by atoms with van der Waals surface area (Å²) in [5.74, 6) is 0.624. The zero-order valence-corrected chi connectivity index (χ0v) is 11.8. The van der Waals surface area contributed by atoms with Crippen LogP contribution in [-0.2, 0) is 0 Å². The van der Waals surface area contributed by atoms with Gasteiger partial charge in [0, 0.05) is 11.6 Å². The molecular weight excluding hydrogens is 230 g/mol. The van der Waals surface area contributed by atoms with Crippen molar-refractivity contribution in [3.8, 4) is 0 Å². The Balaban J connectivity index is 2.57. The molecule has 1 nitrogen and oxygen atoms in total. The monoisotopic (exact) mass is 253 g/mol. The maximum absolute atomic E-state index is 5.93. The average molecular weight is 254 g/mol. The Kier molecular flexibility index (Phi) is 7.30. The van der Waals surface area contributed by atoms with Crippen LogP contribution in [0.4, 0.5) is 0 Å². The van der Waals surface area contributed by atoms with Crippen LogP contribution in [-0.4, -0.2) is 13.1 Å². The van der Waals surface area contributed by atoms with Crippen molar-refractivity contribution in [2.45, 2.75) is 45.4 Å². The largest absolute Gasteiger partial charge is 0.316 e. The topological polar surface area (TPSA) is 12.0 Å². The van der Waals surface area contributed by atoms with Crippen molar-refractivity contribution >= 4 is 11.6 Å². The maximum Gasteiger partial charge on any atom is 0.0406 e. The minimum Gasteiger partial charge on any atom is -0.316 e. The highest BCUT2D eigenvalue weighted by Crippen LogP contribution is 2.23. The van der Waals surface area contributed by atoms with Crippen molar-refractivity contribution in [1.82, 2.24) is 5.32 Å². The van der Waals surface area contributed by atoms with Gasteiger partial charge < -0.3 is 5.32 Å². The Labute approximate surface area is 111 Å². The third kappa shape index (κ3) is 5.56. The van der Waals surface area contributed by atoms with Crippen LogP contribution in [0.1, 0.15) is 51.0 Å². The van der Waals surface area contributed by atoms with Crippen LogP contribution in [0.25, 0.3) is 0 Å². The van der Waals surface area contributed by atoms with Gasteiger partial charge in [0.05, 0.1) is 0 Å². The fourth-order valence-corrected chi connectivity index (χ4v) is 2.15. The predicted octanol–water partition coefficient (Wildman–Crippen LogP) is 4.61. The number of rotatable bonds is 8. The molecule has 0 saturated carbocycles. The Morgan fingerprint density at radius 3 is 2.41 bits per heavy atom. The first kappa shape index (κ1) is 14.5. The predicted molar refractivity (Wildman–Crippen MR) is 76.9 cm³/mol. The molecule has 0 radical (unpaired) electrons. The van der Waals surface area contributed by atoms with Gasteiger partial charge in [-0.25, -0.2) is 0 Å². The number of hydrogen-bond acceptors (Lipinski definition) is 1. The molecule has 96 valence electrons. The Bertz CT molecular complexity index is 294. The molecule has 1 unspecified atom stereocenters. The van der Waals surface area contributed by atoms with Gasteiger partial charge in [-0.2, -0.15) is 0 Å². The average Bonchev–Trinajstić information content (AvgIpc) is 2.35. The number of halogens is 1. The first-order valence-electron chi connectivity index (χ1n) is 6.74. The molecule has 0 amide bonds. The van der Waals surface area contributed by atoms with Crippen LogP contribution in [0.2, 0.25) is 5.02 Å². The van der Waals surface area contributed by atoms with E-state index in [9.17, 15) is 0 Å². The molecule has 1 aromatic rings. The summed E-state index contributed by atoms with van der Waals surface area (Å²) in [7, 11) is 0. The number of benzene rings is 1. The molecule has 1 N–H and O–H groups in total. The van der Waals surface area contributed by atoms with Crippen LogP contribution in [0.15, 0.2) is 24.3 Å². The van der Waals surface area contributed by atoms with Crippen molar-refractivity contribution in [2.24, 2.45) is 0 Å². The molecule has 0 bridgehead atoms. The summed E-state index contributed by atoms with van der Waals surface area (Å²) < 4.78 is 0. The molecular formula is C15H24ClN. The number of nitrogens with one attached hydrogen (secondary N) is 1. The molecule has 0 heterocycles. The lowest BCUT2D eigenvalue weighted by molar-refractivity contribution is 0.528. The quantitative estimate of drug-likeness (QED) is 0.667. The molecule has 0 saturated heterocycles. The van der Waals surface area contributed by atoms with Crippen molar-refractivity contribution in [2.75, 3.05) is 13.1 Å². The van der Waals surface area contributed by atoms with Gasteiger partial charge in [0.1, 0.15) is 0 Å². The standard InChI is InChI=1S/C15H24ClN/c1-3-5-6-14(12-17-11-4-2)13-7-9-15(16)10-8-13/h7-10,14,17H,3-6,11-12H2,1-2H3. The summed E-state index contributed by atoms with van der Waals surface area (Å²) in [6.07, 6.45) is 5.01. The highest BCUT2D eigenvalue weighted by Gasteiger charge is 2.10. The lowest BCUT2D eigenvalue weighted by Crippen LogP contribution is -2.22. The van der Waals surface area contributed by atoms with Crippen LogP contribution in [0, 0.1) is 0 Å².